The minimum atomic E-state index is -0.434. The minimum absolute atomic E-state index is 0.311. The summed E-state index contributed by atoms with van der Waals surface area (Å²) in [6.07, 6.45) is -0.311. The van der Waals surface area contributed by atoms with E-state index >= 15 is 0 Å². The van der Waals surface area contributed by atoms with Gasteiger partial charge in [0.25, 0.3) is 0 Å². The average Bonchev–Trinajstić information content (AvgIpc) is 2.67. The number of ether oxygens (including phenoxy) is 1. The number of rotatable bonds is 1. The van der Waals surface area contributed by atoms with Crippen LogP contribution in [0.15, 0.2) is 30.3 Å². The van der Waals surface area contributed by atoms with Gasteiger partial charge in [-0.15, -0.1) is 0 Å². The predicted octanol–water partition coefficient (Wildman–Crippen LogP) is 1.10. The molecule has 2 rings (SSSR count). The van der Waals surface area contributed by atoms with Crippen LogP contribution in [0.3, 0.4) is 0 Å². The number of benzene rings is 1. The van der Waals surface area contributed by atoms with Crippen LogP contribution < -0.4 is 5.73 Å². The van der Waals surface area contributed by atoms with Crippen molar-refractivity contribution in [3.05, 3.63) is 35.9 Å². The SMILES string of the molecule is NC(=O)N1CCOC1c1ccccc1. The van der Waals surface area contributed by atoms with Crippen molar-refractivity contribution >= 4 is 6.03 Å². The molecule has 1 saturated heterocycles. The molecule has 0 aliphatic carbocycles. The smallest absolute Gasteiger partial charge is 0.317 e. The first-order valence-electron chi connectivity index (χ1n) is 4.51. The molecule has 74 valence electrons. The molecule has 14 heavy (non-hydrogen) atoms. The van der Waals surface area contributed by atoms with Crippen molar-refractivity contribution in [1.29, 1.82) is 0 Å². The molecule has 1 aliphatic heterocycles. The van der Waals surface area contributed by atoms with Gasteiger partial charge in [0.05, 0.1) is 6.61 Å². The molecule has 2 N–H and O–H groups in total. The van der Waals surface area contributed by atoms with E-state index in [-0.39, 0.29) is 6.23 Å². The summed E-state index contributed by atoms with van der Waals surface area (Å²) in [5.41, 5.74) is 6.19. The molecule has 0 radical (unpaired) electrons. The third-order valence-corrected chi connectivity index (χ3v) is 2.26. The average molecular weight is 192 g/mol. The Morgan fingerprint density at radius 1 is 1.43 bits per heavy atom. The second-order valence-corrected chi connectivity index (χ2v) is 3.17. The highest BCUT2D eigenvalue weighted by molar-refractivity contribution is 5.72. The van der Waals surface area contributed by atoms with E-state index in [4.69, 9.17) is 10.5 Å². The molecule has 4 heteroatoms. The lowest BCUT2D eigenvalue weighted by Crippen LogP contribution is -2.35. The van der Waals surface area contributed by atoms with Crippen LogP contribution in [0.2, 0.25) is 0 Å². The fourth-order valence-electron chi connectivity index (χ4n) is 1.59. The lowest BCUT2D eigenvalue weighted by Gasteiger charge is -2.20. The van der Waals surface area contributed by atoms with E-state index in [0.29, 0.717) is 13.2 Å². The molecule has 4 nitrogen and oxygen atoms in total. The molecule has 1 fully saturated rings. The van der Waals surface area contributed by atoms with Crippen molar-refractivity contribution in [1.82, 2.24) is 4.90 Å². The summed E-state index contributed by atoms with van der Waals surface area (Å²) in [6.45, 7) is 1.11. The second kappa shape index (κ2) is 3.67. The number of hydrogen-bond acceptors (Lipinski definition) is 2. The number of nitrogens with two attached hydrogens (primary N) is 1. The number of hydrogen-bond donors (Lipinski definition) is 1. The van der Waals surface area contributed by atoms with E-state index in [1.807, 2.05) is 30.3 Å². The van der Waals surface area contributed by atoms with Crippen LogP contribution in [0.25, 0.3) is 0 Å². The number of urea groups is 1. The Labute approximate surface area is 82.3 Å². The molecule has 0 aromatic heterocycles. The van der Waals surface area contributed by atoms with Gasteiger partial charge in [0.15, 0.2) is 6.23 Å². The zero-order valence-corrected chi connectivity index (χ0v) is 7.72. The highest BCUT2D eigenvalue weighted by atomic mass is 16.5. The molecule has 0 saturated carbocycles. The quantitative estimate of drug-likeness (QED) is 0.724. The summed E-state index contributed by atoms with van der Waals surface area (Å²) in [5.74, 6) is 0. The Morgan fingerprint density at radius 2 is 2.14 bits per heavy atom. The van der Waals surface area contributed by atoms with E-state index < -0.39 is 6.03 Å². The van der Waals surface area contributed by atoms with Gasteiger partial charge in [-0.2, -0.15) is 0 Å². The normalized spacial score (nSPS) is 21.1. The summed E-state index contributed by atoms with van der Waals surface area (Å²) in [5, 5.41) is 0. The Hall–Kier alpha value is -1.55. The van der Waals surface area contributed by atoms with E-state index in [9.17, 15) is 4.79 Å². The minimum Gasteiger partial charge on any atom is -0.352 e. The predicted molar refractivity (Wildman–Crippen MR) is 51.4 cm³/mol. The number of primary amides is 1. The summed E-state index contributed by atoms with van der Waals surface area (Å²) in [4.78, 5) is 12.6. The Balaban J connectivity index is 2.22. The molecule has 2 amide bonds. The molecule has 1 aromatic carbocycles. The molecule has 1 aromatic rings. The largest absolute Gasteiger partial charge is 0.352 e. The van der Waals surface area contributed by atoms with Gasteiger partial charge in [-0.3, -0.25) is 4.90 Å². The molecule has 1 unspecified atom stereocenters. The highest BCUT2D eigenvalue weighted by Gasteiger charge is 2.28. The van der Waals surface area contributed by atoms with Gasteiger partial charge in [-0.05, 0) is 0 Å². The maximum atomic E-state index is 11.1. The molecule has 1 heterocycles. The van der Waals surface area contributed by atoms with Crippen molar-refractivity contribution in [3.63, 3.8) is 0 Å². The maximum Gasteiger partial charge on any atom is 0.317 e. The number of carbonyl (C=O) groups excluding carboxylic acids is 1. The monoisotopic (exact) mass is 192 g/mol. The van der Waals surface area contributed by atoms with E-state index in [2.05, 4.69) is 0 Å². The first kappa shape index (κ1) is 9.02. The first-order chi connectivity index (χ1) is 6.79. The zero-order valence-electron chi connectivity index (χ0n) is 7.72. The van der Waals surface area contributed by atoms with Gasteiger partial charge >= 0.3 is 6.03 Å². The van der Waals surface area contributed by atoms with Crippen LogP contribution in [-0.2, 0) is 4.74 Å². The van der Waals surface area contributed by atoms with Gasteiger partial charge in [-0.25, -0.2) is 4.79 Å². The highest BCUT2D eigenvalue weighted by Crippen LogP contribution is 2.25. The summed E-state index contributed by atoms with van der Waals surface area (Å²) in [6, 6.07) is 9.16. The lowest BCUT2D eigenvalue weighted by molar-refractivity contribution is 0.0512. The van der Waals surface area contributed by atoms with Crippen LogP contribution >= 0.6 is 0 Å². The van der Waals surface area contributed by atoms with Crippen LogP contribution in [-0.4, -0.2) is 24.1 Å². The molecule has 1 atom stereocenters. The molecule has 0 spiro atoms. The Kier molecular flexibility index (Phi) is 2.37. The van der Waals surface area contributed by atoms with Gasteiger partial charge in [-0.1, -0.05) is 30.3 Å². The topological polar surface area (TPSA) is 55.6 Å². The number of nitrogens with zero attached hydrogens (tertiary/aromatic N) is 1. The van der Waals surface area contributed by atoms with E-state index in [1.165, 1.54) is 4.90 Å². The van der Waals surface area contributed by atoms with Crippen LogP contribution in [0.1, 0.15) is 11.8 Å². The van der Waals surface area contributed by atoms with Gasteiger partial charge in [0.1, 0.15) is 0 Å². The Bertz CT molecular complexity index is 326. The van der Waals surface area contributed by atoms with Crippen molar-refractivity contribution in [3.8, 4) is 0 Å². The number of carbonyl (C=O) groups is 1. The standard InChI is InChI=1S/C10H12N2O2/c11-10(13)12-6-7-14-9(12)8-4-2-1-3-5-8/h1-5,9H,6-7H2,(H2,11,13). The van der Waals surface area contributed by atoms with Crippen LogP contribution in [0, 0.1) is 0 Å². The van der Waals surface area contributed by atoms with Crippen LogP contribution in [0.4, 0.5) is 4.79 Å². The van der Waals surface area contributed by atoms with E-state index in [1.54, 1.807) is 0 Å². The van der Waals surface area contributed by atoms with Gasteiger partial charge in [0, 0.05) is 12.1 Å². The molecule has 0 bridgehead atoms. The van der Waals surface area contributed by atoms with Crippen LogP contribution in [0.5, 0.6) is 0 Å². The molecule has 1 aliphatic rings. The Morgan fingerprint density at radius 3 is 2.79 bits per heavy atom. The summed E-state index contributed by atoms with van der Waals surface area (Å²) in [7, 11) is 0. The fraction of sp³-hybridized carbons (Fsp3) is 0.300. The lowest BCUT2D eigenvalue weighted by atomic mass is 10.2. The maximum absolute atomic E-state index is 11.1. The van der Waals surface area contributed by atoms with Crippen molar-refractivity contribution in [2.24, 2.45) is 5.73 Å². The number of amides is 2. The van der Waals surface area contributed by atoms with Crippen molar-refractivity contribution in [2.45, 2.75) is 6.23 Å². The first-order valence-corrected chi connectivity index (χ1v) is 4.51. The molecular formula is C10H12N2O2. The zero-order chi connectivity index (χ0) is 9.97. The van der Waals surface area contributed by atoms with Gasteiger partial charge in [0.2, 0.25) is 0 Å². The third kappa shape index (κ3) is 1.56. The second-order valence-electron chi connectivity index (χ2n) is 3.17. The van der Waals surface area contributed by atoms with Gasteiger partial charge < -0.3 is 10.5 Å². The summed E-state index contributed by atoms with van der Waals surface area (Å²) < 4.78 is 5.44. The van der Waals surface area contributed by atoms with E-state index in [0.717, 1.165) is 5.56 Å². The van der Waals surface area contributed by atoms with Crippen molar-refractivity contribution in [2.75, 3.05) is 13.2 Å². The molecular weight excluding hydrogens is 180 g/mol. The third-order valence-electron chi connectivity index (χ3n) is 2.26. The summed E-state index contributed by atoms with van der Waals surface area (Å²) >= 11 is 0. The van der Waals surface area contributed by atoms with Crippen molar-refractivity contribution < 1.29 is 9.53 Å². The fourth-order valence-corrected chi connectivity index (χ4v) is 1.59.